The molecule has 4 heteroatoms. The summed E-state index contributed by atoms with van der Waals surface area (Å²) in [6, 6.07) is 0. The van der Waals surface area contributed by atoms with Gasteiger partial charge in [-0.25, -0.2) is 8.42 Å². The van der Waals surface area contributed by atoms with Gasteiger partial charge in [0.15, 0.2) is 9.84 Å². The third kappa shape index (κ3) is 1.89. The van der Waals surface area contributed by atoms with Gasteiger partial charge in [0, 0.05) is 5.75 Å². The molecule has 1 fully saturated rings. The second kappa shape index (κ2) is 3.96. The van der Waals surface area contributed by atoms with E-state index in [1.165, 1.54) is 0 Å². The maximum Gasteiger partial charge on any atom is 0.155 e. The highest BCUT2D eigenvalue weighted by Crippen LogP contribution is 2.39. The van der Waals surface area contributed by atoms with E-state index >= 15 is 0 Å². The van der Waals surface area contributed by atoms with Crippen LogP contribution in [-0.2, 0) is 9.84 Å². The number of sulfone groups is 1. The van der Waals surface area contributed by atoms with E-state index in [0.717, 1.165) is 25.7 Å². The van der Waals surface area contributed by atoms with Gasteiger partial charge in [0.05, 0.1) is 4.75 Å². The summed E-state index contributed by atoms with van der Waals surface area (Å²) in [6.45, 7) is 2.21. The minimum atomic E-state index is -2.90. The Balaban J connectivity index is 2.90. The van der Waals surface area contributed by atoms with Crippen LogP contribution in [0.15, 0.2) is 0 Å². The summed E-state index contributed by atoms with van der Waals surface area (Å²) in [5, 5.41) is 0. The monoisotopic (exact) mass is 205 g/mol. The van der Waals surface area contributed by atoms with Crippen molar-refractivity contribution in [3.8, 4) is 0 Å². The molecular formula is C9H19NO2S. The van der Waals surface area contributed by atoms with Gasteiger partial charge in [0.1, 0.15) is 0 Å². The molecule has 0 amide bonds. The van der Waals surface area contributed by atoms with Gasteiger partial charge in [-0.2, -0.15) is 0 Å². The van der Waals surface area contributed by atoms with Crippen molar-refractivity contribution in [2.24, 2.45) is 5.73 Å². The van der Waals surface area contributed by atoms with Crippen LogP contribution in [0.5, 0.6) is 0 Å². The van der Waals surface area contributed by atoms with Crippen molar-refractivity contribution in [3.05, 3.63) is 0 Å². The molecule has 0 aromatic rings. The normalized spacial score (nSPS) is 22.0. The Labute approximate surface area is 80.6 Å². The molecule has 0 atom stereocenters. The third-order valence-corrected chi connectivity index (χ3v) is 5.85. The smallest absolute Gasteiger partial charge is 0.155 e. The molecule has 0 aromatic heterocycles. The van der Waals surface area contributed by atoms with E-state index < -0.39 is 14.6 Å². The number of rotatable bonds is 4. The zero-order valence-electron chi connectivity index (χ0n) is 8.25. The molecule has 0 bridgehead atoms. The molecule has 1 saturated carbocycles. The van der Waals surface area contributed by atoms with Crippen molar-refractivity contribution >= 4 is 9.84 Å². The van der Waals surface area contributed by atoms with Gasteiger partial charge in [-0.05, 0) is 25.8 Å². The molecule has 78 valence electrons. The summed E-state index contributed by atoms with van der Waals surface area (Å²) >= 11 is 0. The van der Waals surface area contributed by atoms with Gasteiger partial charge < -0.3 is 5.73 Å². The fourth-order valence-corrected chi connectivity index (χ4v) is 4.26. The molecule has 13 heavy (non-hydrogen) atoms. The van der Waals surface area contributed by atoms with Gasteiger partial charge in [-0.1, -0.05) is 19.8 Å². The number of hydrogen-bond donors (Lipinski definition) is 1. The van der Waals surface area contributed by atoms with E-state index in [1.54, 1.807) is 6.92 Å². The molecule has 1 rings (SSSR count). The van der Waals surface area contributed by atoms with E-state index in [4.69, 9.17) is 5.73 Å². The van der Waals surface area contributed by atoms with Crippen molar-refractivity contribution in [2.45, 2.75) is 43.8 Å². The molecule has 1 aliphatic rings. The predicted octanol–water partition coefficient (Wildman–Crippen LogP) is 1.08. The average molecular weight is 205 g/mol. The molecule has 0 spiro atoms. The van der Waals surface area contributed by atoms with Crippen LogP contribution in [-0.4, -0.2) is 25.5 Å². The fourth-order valence-electron chi connectivity index (χ4n) is 2.31. The maximum absolute atomic E-state index is 11.9. The summed E-state index contributed by atoms with van der Waals surface area (Å²) in [5.41, 5.74) is 5.48. The van der Waals surface area contributed by atoms with Gasteiger partial charge in [0.2, 0.25) is 0 Å². The largest absolute Gasteiger partial charge is 0.330 e. The van der Waals surface area contributed by atoms with E-state index in [1.807, 2.05) is 0 Å². The lowest BCUT2D eigenvalue weighted by molar-refractivity contribution is 0.490. The van der Waals surface area contributed by atoms with E-state index in [-0.39, 0.29) is 5.75 Å². The van der Waals surface area contributed by atoms with Crippen molar-refractivity contribution in [1.82, 2.24) is 0 Å². The zero-order chi connectivity index (χ0) is 9.95. The Morgan fingerprint density at radius 1 is 1.31 bits per heavy atom. The Kier molecular flexibility index (Phi) is 3.35. The van der Waals surface area contributed by atoms with Crippen molar-refractivity contribution in [3.63, 3.8) is 0 Å². The van der Waals surface area contributed by atoms with Crippen LogP contribution >= 0.6 is 0 Å². The van der Waals surface area contributed by atoms with Crippen LogP contribution in [0, 0.1) is 0 Å². The Morgan fingerprint density at radius 2 is 1.85 bits per heavy atom. The topological polar surface area (TPSA) is 60.2 Å². The van der Waals surface area contributed by atoms with Crippen LogP contribution in [0.2, 0.25) is 0 Å². The number of hydrogen-bond acceptors (Lipinski definition) is 3. The lowest BCUT2D eigenvalue weighted by Crippen LogP contribution is -2.38. The summed E-state index contributed by atoms with van der Waals surface area (Å²) in [4.78, 5) is 0. The Morgan fingerprint density at radius 3 is 2.23 bits per heavy atom. The lowest BCUT2D eigenvalue weighted by atomic mass is 10.0. The zero-order valence-corrected chi connectivity index (χ0v) is 9.07. The first-order valence-corrected chi connectivity index (χ1v) is 6.65. The quantitative estimate of drug-likeness (QED) is 0.747. The minimum Gasteiger partial charge on any atom is -0.330 e. The van der Waals surface area contributed by atoms with Crippen LogP contribution < -0.4 is 5.73 Å². The summed E-state index contributed by atoms with van der Waals surface area (Å²) < 4.78 is 23.3. The maximum atomic E-state index is 11.9. The van der Waals surface area contributed by atoms with Gasteiger partial charge in [0.25, 0.3) is 0 Å². The first-order valence-electron chi connectivity index (χ1n) is 5.00. The Bertz CT molecular complexity index is 253. The highest BCUT2D eigenvalue weighted by molar-refractivity contribution is 7.92. The van der Waals surface area contributed by atoms with Crippen molar-refractivity contribution < 1.29 is 8.42 Å². The van der Waals surface area contributed by atoms with E-state index in [0.29, 0.717) is 13.0 Å². The van der Waals surface area contributed by atoms with E-state index in [9.17, 15) is 8.42 Å². The molecule has 0 aromatic carbocycles. The average Bonchev–Trinajstić information content (AvgIpc) is 2.55. The van der Waals surface area contributed by atoms with Crippen molar-refractivity contribution in [1.29, 1.82) is 0 Å². The molecule has 0 aliphatic heterocycles. The molecule has 0 heterocycles. The van der Waals surface area contributed by atoms with E-state index in [2.05, 4.69) is 0 Å². The van der Waals surface area contributed by atoms with Crippen LogP contribution in [0.1, 0.15) is 39.0 Å². The first-order chi connectivity index (χ1) is 6.08. The molecule has 1 aliphatic carbocycles. The summed E-state index contributed by atoms with van der Waals surface area (Å²) in [7, 11) is -2.90. The molecule has 2 N–H and O–H groups in total. The highest BCUT2D eigenvalue weighted by Gasteiger charge is 2.43. The van der Waals surface area contributed by atoms with Gasteiger partial charge in [-0.15, -0.1) is 0 Å². The standard InChI is InChI=1S/C9H19NO2S/c1-2-13(11,12)9(7-8-10)5-3-4-6-9/h2-8,10H2,1H3. The second-order valence-electron chi connectivity index (χ2n) is 3.83. The second-order valence-corrected chi connectivity index (χ2v) is 6.51. The molecule has 0 unspecified atom stereocenters. The number of nitrogens with two attached hydrogens (primary N) is 1. The SMILES string of the molecule is CCS(=O)(=O)C1(CCN)CCCC1. The lowest BCUT2D eigenvalue weighted by Gasteiger charge is -2.27. The van der Waals surface area contributed by atoms with Crippen molar-refractivity contribution in [2.75, 3.05) is 12.3 Å². The molecular weight excluding hydrogens is 186 g/mol. The van der Waals surface area contributed by atoms with Gasteiger partial charge in [-0.3, -0.25) is 0 Å². The van der Waals surface area contributed by atoms with Gasteiger partial charge >= 0.3 is 0 Å². The third-order valence-electron chi connectivity index (χ3n) is 3.15. The fraction of sp³-hybridized carbons (Fsp3) is 1.00. The van der Waals surface area contributed by atoms with Crippen LogP contribution in [0.3, 0.4) is 0 Å². The molecule has 0 radical (unpaired) electrons. The highest BCUT2D eigenvalue weighted by atomic mass is 32.2. The molecule has 3 nitrogen and oxygen atoms in total. The Hall–Kier alpha value is -0.0900. The summed E-state index contributed by atoms with van der Waals surface area (Å²) in [5.74, 6) is 0.257. The van der Waals surface area contributed by atoms with Crippen LogP contribution in [0.25, 0.3) is 0 Å². The molecule has 0 saturated heterocycles. The van der Waals surface area contributed by atoms with Crippen LogP contribution in [0.4, 0.5) is 0 Å². The predicted molar refractivity (Wildman–Crippen MR) is 54.3 cm³/mol. The summed E-state index contributed by atoms with van der Waals surface area (Å²) in [6.07, 6.45) is 4.36. The first kappa shape index (κ1) is 11.0. The minimum absolute atomic E-state index is 0.257.